The minimum atomic E-state index is -3.50. The van der Waals surface area contributed by atoms with Crippen molar-refractivity contribution in [1.82, 2.24) is 10.6 Å². The van der Waals surface area contributed by atoms with E-state index >= 15 is 0 Å². The monoisotopic (exact) mass is 380 g/mol. The molecule has 1 heterocycles. The van der Waals surface area contributed by atoms with E-state index in [0.29, 0.717) is 38.5 Å². The Balaban J connectivity index is 1.71. The van der Waals surface area contributed by atoms with Crippen LogP contribution in [0.4, 0.5) is 0 Å². The fourth-order valence-corrected chi connectivity index (χ4v) is 4.72. The Labute approximate surface area is 155 Å². The summed E-state index contributed by atoms with van der Waals surface area (Å²) in [6.07, 6.45) is 4.19. The lowest BCUT2D eigenvalue weighted by atomic mass is 9.95. The third-order valence-corrected chi connectivity index (χ3v) is 7.38. The molecule has 2 fully saturated rings. The summed E-state index contributed by atoms with van der Waals surface area (Å²) in [5.74, 6) is 1.01. The summed E-state index contributed by atoms with van der Waals surface area (Å²) < 4.78 is 29.3. The van der Waals surface area contributed by atoms with E-state index in [4.69, 9.17) is 4.74 Å². The third-order valence-electron chi connectivity index (χ3n) is 5.37. The highest BCUT2D eigenvalue weighted by Crippen LogP contribution is 2.31. The smallest absolute Gasteiger partial charge is 0.241 e. The lowest BCUT2D eigenvalue weighted by molar-refractivity contribution is -0.124. The first kappa shape index (κ1) is 19.2. The summed E-state index contributed by atoms with van der Waals surface area (Å²) >= 11 is 0. The zero-order valence-corrected chi connectivity index (χ0v) is 16.3. The Bertz CT molecular complexity index is 766. The van der Waals surface area contributed by atoms with Crippen LogP contribution in [0.2, 0.25) is 0 Å². The largest absolute Gasteiger partial charge is 0.493 e. The molecule has 0 bridgehead atoms. The fourth-order valence-electron chi connectivity index (χ4n) is 3.37. The highest BCUT2D eigenvalue weighted by molar-refractivity contribution is 7.92. The molecular formula is C19H28N2O4S. The number of piperidine rings is 1. The normalized spacial score (nSPS) is 19.8. The van der Waals surface area contributed by atoms with E-state index in [1.165, 1.54) is 12.8 Å². The summed E-state index contributed by atoms with van der Waals surface area (Å²) in [4.78, 5) is 12.8. The molecule has 0 atom stereocenters. The fraction of sp³-hybridized carbons (Fsp3) is 0.632. The van der Waals surface area contributed by atoms with Crippen molar-refractivity contribution in [2.45, 2.75) is 43.9 Å². The molecule has 0 radical (unpaired) electrons. The van der Waals surface area contributed by atoms with Crippen LogP contribution in [0.25, 0.3) is 0 Å². The highest BCUT2D eigenvalue weighted by atomic mass is 32.2. The maximum absolute atomic E-state index is 12.8. The van der Waals surface area contributed by atoms with Crippen LogP contribution < -0.4 is 15.4 Å². The quantitative estimate of drug-likeness (QED) is 0.750. The summed E-state index contributed by atoms with van der Waals surface area (Å²) in [6, 6.07) is 5.89. The van der Waals surface area contributed by atoms with Crippen LogP contribution >= 0.6 is 0 Å². The number of rotatable bonds is 7. The molecule has 0 unspecified atom stereocenters. The lowest BCUT2D eigenvalue weighted by Crippen LogP contribution is -2.57. The minimum Gasteiger partial charge on any atom is -0.493 e. The van der Waals surface area contributed by atoms with Gasteiger partial charge < -0.3 is 15.4 Å². The molecule has 6 nitrogen and oxygen atoms in total. The molecule has 0 spiro atoms. The molecule has 2 aliphatic rings. The molecule has 1 aromatic rings. The van der Waals surface area contributed by atoms with Crippen LogP contribution in [0.15, 0.2) is 18.2 Å². The van der Waals surface area contributed by atoms with Crippen molar-refractivity contribution >= 4 is 15.7 Å². The highest BCUT2D eigenvalue weighted by Gasteiger charge is 2.48. The summed E-state index contributed by atoms with van der Waals surface area (Å²) in [7, 11) is -3.50. The number of sulfone groups is 1. The number of amides is 1. The first-order valence-electron chi connectivity index (χ1n) is 9.23. The van der Waals surface area contributed by atoms with Crippen molar-refractivity contribution in [2.75, 3.05) is 26.0 Å². The Morgan fingerprint density at radius 1 is 1.31 bits per heavy atom. The zero-order chi connectivity index (χ0) is 18.8. The van der Waals surface area contributed by atoms with E-state index in [2.05, 4.69) is 10.6 Å². The number of hydrogen-bond donors (Lipinski definition) is 2. The van der Waals surface area contributed by atoms with Gasteiger partial charge in [0.25, 0.3) is 0 Å². The SMILES string of the molecule is Cc1ccc(CNC(=O)C2(S(C)(=O)=O)CCNCC2)c(OCC2CC2)c1. The topological polar surface area (TPSA) is 84.5 Å². The second-order valence-corrected chi connectivity index (χ2v) is 9.89. The van der Waals surface area contributed by atoms with Gasteiger partial charge in [0, 0.05) is 18.4 Å². The number of hydrogen-bond acceptors (Lipinski definition) is 5. The van der Waals surface area contributed by atoms with E-state index in [9.17, 15) is 13.2 Å². The first-order valence-corrected chi connectivity index (χ1v) is 11.1. The van der Waals surface area contributed by atoms with Crippen LogP contribution in [-0.2, 0) is 21.2 Å². The van der Waals surface area contributed by atoms with Crippen LogP contribution in [0.3, 0.4) is 0 Å². The van der Waals surface area contributed by atoms with Gasteiger partial charge in [-0.3, -0.25) is 4.79 Å². The number of benzene rings is 1. The van der Waals surface area contributed by atoms with Crippen LogP contribution in [-0.4, -0.2) is 45.0 Å². The van der Waals surface area contributed by atoms with E-state index in [1.807, 2.05) is 25.1 Å². The maximum Gasteiger partial charge on any atom is 0.241 e. The van der Waals surface area contributed by atoms with Gasteiger partial charge in [0.2, 0.25) is 5.91 Å². The second kappa shape index (κ2) is 7.56. The number of carbonyl (C=O) groups excluding carboxylic acids is 1. The zero-order valence-electron chi connectivity index (χ0n) is 15.5. The van der Waals surface area contributed by atoms with Crippen LogP contribution in [0.5, 0.6) is 5.75 Å². The summed E-state index contributed by atoms with van der Waals surface area (Å²) in [5.41, 5.74) is 1.97. The summed E-state index contributed by atoms with van der Waals surface area (Å²) in [6.45, 7) is 4.02. The van der Waals surface area contributed by atoms with Crippen molar-refractivity contribution in [2.24, 2.45) is 5.92 Å². The van der Waals surface area contributed by atoms with E-state index in [1.54, 1.807) is 0 Å². The molecule has 1 saturated heterocycles. The summed E-state index contributed by atoms with van der Waals surface area (Å²) in [5, 5.41) is 5.98. The van der Waals surface area contributed by atoms with Gasteiger partial charge in [0.05, 0.1) is 6.61 Å². The minimum absolute atomic E-state index is 0.268. The van der Waals surface area contributed by atoms with E-state index in [-0.39, 0.29) is 6.54 Å². The second-order valence-electron chi connectivity index (χ2n) is 7.56. The number of ether oxygens (including phenoxy) is 1. The molecule has 1 aromatic carbocycles. The van der Waals surface area contributed by atoms with Gasteiger partial charge in [-0.2, -0.15) is 0 Å². The third kappa shape index (κ3) is 4.20. The van der Waals surface area contributed by atoms with Crippen LogP contribution in [0.1, 0.15) is 36.8 Å². The molecule has 26 heavy (non-hydrogen) atoms. The number of nitrogens with one attached hydrogen (secondary N) is 2. The van der Waals surface area contributed by atoms with Gasteiger partial charge in [0.1, 0.15) is 5.75 Å². The van der Waals surface area contributed by atoms with Gasteiger partial charge in [-0.1, -0.05) is 12.1 Å². The molecule has 1 aliphatic heterocycles. The Morgan fingerprint density at radius 2 is 2.00 bits per heavy atom. The van der Waals surface area contributed by atoms with Gasteiger partial charge in [-0.15, -0.1) is 0 Å². The standard InChI is InChI=1S/C19H28N2O4S/c1-14-3-6-16(17(11-14)25-13-15-4-5-15)12-21-18(22)19(26(2,23)24)7-9-20-10-8-19/h3,6,11,15,20H,4-5,7-10,12-13H2,1-2H3,(H,21,22). The molecule has 2 N–H and O–H groups in total. The molecule has 1 saturated carbocycles. The van der Waals surface area contributed by atoms with Crippen LogP contribution in [0, 0.1) is 12.8 Å². The van der Waals surface area contributed by atoms with Crippen molar-refractivity contribution in [3.05, 3.63) is 29.3 Å². The van der Waals surface area contributed by atoms with Gasteiger partial charge in [-0.25, -0.2) is 8.42 Å². The molecule has 144 valence electrons. The average Bonchev–Trinajstić information content (AvgIpc) is 3.43. The molecular weight excluding hydrogens is 352 g/mol. The maximum atomic E-state index is 12.8. The van der Waals surface area contributed by atoms with Crippen molar-refractivity contribution in [1.29, 1.82) is 0 Å². The van der Waals surface area contributed by atoms with Crippen molar-refractivity contribution < 1.29 is 17.9 Å². The van der Waals surface area contributed by atoms with Crippen molar-refractivity contribution in [3.63, 3.8) is 0 Å². The first-order chi connectivity index (χ1) is 12.3. The lowest BCUT2D eigenvalue weighted by Gasteiger charge is -2.34. The number of carbonyl (C=O) groups is 1. The molecule has 1 amide bonds. The van der Waals surface area contributed by atoms with E-state index < -0.39 is 20.5 Å². The molecule has 3 rings (SSSR count). The van der Waals surface area contributed by atoms with E-state index in [0.717, 1.165) is 23.1 Å². The van der Waals surface area contributed by atoms with Gasteiger partial charge in [-0.05, 0) is 63.2 Å². The molecule has 7 heteroatoms. The Kier molecular flexibility index (Phi) is 5.58. The number of aryl methyl sites for hydroxylation is 1. The van der Waals surface area contributed by atoms with Gasteiger partial charge >= 0.3 is 0 Å². The molecule has 1 aliphatic carbocycles. The van der Waals surface area contributed by atoms with Gasteiger partial charge in [0.15, 0.2) is 14.6 Å². The Morgan fingerprint density at radius 3 is 2.62 bits per heavy atom. The Hall–Kier alpha value is -1.60. The molecule has 0 aromatic heterocycles. The van der Waals surface area contributed by atoms with Crippen molar-refractivity contribution in [3.8, 4) is 5.75 Å². The predicted octanol–water partition coefficient (Wildman–Crippen LogP) is 1.57. The predicted molar refractivity (Wildman–Crippen MR) is 101 cm³/mol. The average molecular weight is 381 g/mol.